The molecule has 1 N–H and O–H groups in total. The maximum Gasteiger partial charge on any atom is 0.427 e. The molecule has 156 valence electrons. The number of para-hydroxylation sites is 1. The molecule has 4 rings (SSSR count). The number of thiazole rings is 1. The van der Waals surface area contributed by atoms with Crippen LogP contribution in [0.15, 0.2) is 79.0 Å². The summed E-state index contributed by atoms with van der Waals surface area (Å²) in [5, 5.41) is 2.27. The minimum Gasteiger partial charge on any atom is -0.457 e. The van der Waals surface area contributed by atoms with Crippen molar-refractivity contribution in [2.75, 3.05) is 5.32 Å². The van der Waals surface area contributed by atoms with Gasteiger partial charge in [-0.3, -0.25) is 15.1 Å². The normalized spacial score (nSPS) is 11.2. The number of amides is 1. The van der Waals surface area contributed by atoms with Gasteiger partial charge in [0.05, 0.1) is 5.69 Å². The lowest BCUT2D eigenvalue weighted by Crippen LogP contribution is -2.11. The molecule has 0 aliphatic rings. The lowest BCUT2D eigenvalue weighted by Gasteiger charge is -2.06. The zero-order valence-corrected chi connectivity index (χ0v) is 16.6. The molecule has 0 radical (unpaired) electrons. The third kappa shape index (κ3) is 4.89. The van der Waals surface area contributed by atoms with Gasteiger partial charge in [-0.25, -0.2) is 4.98 Å². The molecule has 31 heavy (non-hydrogen) atoms. The fraction of sp³-hybridized carbons (Fsp3) is 0.0455. The molecular formula is C22H14F3N3O2S. The van der Waals surface area contributed by atoms with Crippen molar-refractivity contribution in [3.05, 3.63) is 89.4 Å². The molecule has 0 spiro atoms. The Kier molecular flexibility index (Phi) is 5.68. The Morgan fingerprint density at radius 2 is 1.58 bits per heavy atom. The molecule has 0 saturated heterocycles. The molecule has 0 aliphatic heterocycles. The number of ether oxygens (including phenoxy) is 1. The van der Waals surface area contributed by atoms with E-state index in [1.54, 1.807) is 36.4 Å². The SMILES string of the molecule is O=C(Nc1nc(-c2ccccn2)c(C(F)(F)F)s1)c1ccc(Oc2ccccc2)cc1. The molecule has 4 aromatic rings. The highest BCUT2D eigenvalue weighted by Crippen LogP contribution is 2.42. The first-order valence-electron chi connectivity index (χ1n) is 9.04. The molecule has 0 bridgehead atoms. The van der Waals surface area contributed by atoms with Gasteiger partial charge >= 0.3 is 6.18 Å². The lowest BCUT2D eigenvalue weighted by molar-refractivity contribution is -0.134. The third-order valence-electron chi connectivity index (χ3n) is 4.11. The molecule has 2 aromatic heterocycles. The van der Waals surface area contributed by atoms with Gasteiger partial charge in [-0.05, 0) is 48.5 Å². The van der Waals surface area contributed by atoms with E-state index in [1.807, 2.05) is 18.2 Å². The molecule has 0 aliphatic carbocycles. The smallest absolute Gasteiger partial charge is 0.427 e. The summed E-state index contributed by atoms with van der Waals surface area (Å²) in [6, 6.07) is 20.0. The van der Waals surface area contributed by atoms with Crippen LogP contribution < -0.4 is 10.1 Å². The van der Waals surface area contributed by atoms with E-state index in [9.17, 15) is 18.0 Å². The minimum atomic E-state index is -4.62. The van der Waals surface area contributed by atoms with Crippen LogP contribution >= 0.6 is 11.3 Å². The Hall–Kier alpha value is -3.72. The second-order valence-corrected chi connectivity index (χ2v) is 7.30. The van der Waals surface area contributed by atoms with Crippen LogP contribution in [0.4, 0.5) is 18.3 Å². The summed E-state index contributed by atoms with van der Waals surface area (Å²) >= 11 is 0.356. The van der Waals surface area contributed by atoms with E-state index >= 15 is 0 Å². The summed E-state index contributed by atoms with van der Waals surface area (Å²) in [5.41, 5.74) is 0.0116. The summed E-state index contributed by atoms with van der Waals surface area (Å²) in [5.74, 6) is 0.583. The Labute approximate surface area is 179 Å². The fourth-order valence-corrected chi connectivity index (χ4v) is 3.55. The number of rotatable bonds is 5. The van der Waals surface area contributed by atoms with Gasteiger partial charge in [0.15, 0.2) is 5.13 Å². The second kappa shape index (κ2) is 8.57. The highest BCUT2D eigenvalue weighted by Gasteiger charge is 2.38. The lowest BCUT2D eigenvalue weighted by atomic mass is 10.2. The number of nitrogens with one attached hydrogen (secondary N) is 1. The third-order valence-corrected chi connectivity index (χ3v) is 5.12. The van der Waals surface area contributed by atoms with Gasteiger partial charge in [-0.15, -0.1) is 0 Å². The van der Waals surface area contributed by atoms with E-state index < -0.39 is 17.0 Å². The number of hydrogen-bond donors (Lipinski definition) is 1. The Morgan fingerprint density at radius 3 is 2.23 bits per heavy atom. The van der Waals surface area contributed by atoms with Crippen molar-refractivity contribution < 1.29 is 22.7 Å². The number of benzene rings is 2. The summed E-state index contributed by atoms with van der Waals surface area (Å²) in [4.78, 5) is 19.5. The average molecular weight is 441 g/mol. The molecule has 5 nitrogen and oxygen atoms in total. The van der Waals surface area contributed by atoms with E-state index in [0.717, 1.165) is 0 Å². The maximum atomic E-state index is 13.4. The monoisotopic (exact) mass is 441 g/mol. The number of pyridine rings is 1. The number of alkyl halides is 3. The molecule has 0 atom stereocenters. The van der Waals surface area contributed by atoms with Crippen molar-refractivity contribution in [1.82, 2.24) is 9.97 Å². The van der Waals surface area contributed by atoms with Gasteiger partial charge in [0.2, 0.25) is 0 Å². The first kappa shape index (κ1) is 20.5. The number of halogens is 3. The van der Waals surface area contributed by atoms with Crippen LogP contribution in [0.25, 0.3) is 11.4 Å². The van der Waals surface area contributed by atoms with Gasteiger partial charge in [0.25, 0.3) is 5.91 Å². The quantitative estimate of drug-likeness (QED) is 0.397. The van der Waals surface area contributed by atoms with Crippen molar-refractivity contribution >= 4 is 22.4 Å². The molecule has 9 heteroatoms. The van der Waals surface area contributed by atoms with Gasteiger partial charge < -0.3 is 4.74 Å². The fourth-order valence-electron chi connectivity index (χ4n) is 2.71. The van der Waals surface area contributed by atoms with E-state index in [1.165, 1.54) is 24.4 Å². The minimum absolute atomic E-state index is 0.0778. The predicted octanol–water partition coefficient (Wildman–Crippen LogP) is 6.27. The van der Waals surface area contributed by atoms with Crippen molar-refractivity contribution in [3.8, 4) is 22.9 Å². The van der Waals surface area contributed by atoms with Crippen LogP contribution in [0.2, 0.25) is 0 Å². The summed E-state index contributed by atoms with van der Waals surface area (Å²) < 4.78 is 46.0. The molecular weight excluding hydrogens is 427 g/mol. The topological polar surface area (TPSA) is 64.1 Å². The maximum absolute atomic E-state index is 13.4. The number of aromatic nitrogens is 2. The number of carbonyl (C=O) groups is 1. The van der Waals surface area contributed by atoms with Crippen molar-refractivity contribution in [3.63, 3.8) is 0 Å². The van der Waals surface area contributed by atoms with E-state index in [0.29, 0.717) is 22.8 Å². The second-order valence-electron chi connectivity index (χ2n) is 6.30. The summed E-state index contributed by atoms with van der Waals surface area (Å²) in [6.45, 7) is 0. The molecule has 0 unspecified atom stereocenters. The van der Waals surface area contributed by atoms with Crippen molar-refractivity contribution in [1.29, 1.82) is 0 Å². The molecule has 2 heterocycles. The number of carbonyl (C=O) groups excluding carboxylic acids is 1. The Bertz CT molecular complexity index is 1180. The zero-order chi connectivity index (χ0) is 21.8. The van der Waals surface area contributed by atoms with Gasteiger partial charge in [0, 0.05) is 11.8 Å². The highest BCUT2D eigenvalue weighted by atomic mass is 32.1. The van der Waals surface area contributed by atoms with Crippen LogP contribution in [-0.4, -0.2) is 15.9 Å². The molecule has 0 fully saturated rings. The first-order valence-corrected chi connectivity index (χ1v) is 9.85. The Balaban J connectivity index is 1.52. The van der Waals surface area contributed by atoms with Crippen LogP contribution in [0.1, 0.15) is 15.2 Å². The summed E-state index contributed by atoms with van der Waals surface area (Å²) in [6.07, 6.45) is -3.24. The van der Waals surface area contributed by atoms with Crippen molar-refractivity contribution in [2.45, 2.75) is 6.18 Å². The first-order chi connectivity index (χ1) is 14.9. The van der Waals surface area contributed by atoms with Crippen LogP contribution in [0.5, 0.6) is 11.5 Å². The van der Waals surface area contributed by atoms with E-state index in [-0.39, 0.29) is 22.1 Å². The van der Waals surface area contributed by atoms with Gasteiger partial charge in [-0.1, -0.05) is 35.6 Å². The van der Waals surface area contributed by atoms with E-state index in [4.69, 9.17) is 4.74 Å². The van der Waals surface area contributed by atoms with Crippen LogP contribution in [0.3, 0.4) is 0 Å². The average Bonchev–Trinajstić information content (AvgIpc) is 3.20. The predicted molar refractivity (Wildman–Crippen MR) is 111 cm³/mol. The summed E-state index contributed by atoms with van der Waals surface area (Å²) in [7, 11) is 0. The molecule has 0 saturated carbocycles. The standard InChI is InChI=1S/C22H14F3N3O2S/c23-22(24,25)19-18(17-8-4-5-13-26-17)27-21(31-19)28-20(29)14-9-11-16(12-10-14)30-15-6-2-1-3-7-15/h1-13H,(H,27,28,29). The highest BCUT2D eigenvalue weighted by molar-refractivity contribution is 7.16. The largest absolute Gasteiger partial charge is 0.457 e. The van der Waals surface area contributed by atoms with Crippen LogP contribution in [0, 0.1) is 0 Å². The Morgan fingerprint density at radius 1 is 0.903 bits per heavy atom. The zero-order valence-electron chi connectivity index (χ0n) is 15.8. The van der Waals surface area contributed by atoms with Crippen molar-refractivity contribution in [2.24, 2.45) is 0 Å². The number of hydrogen-bond acceptors (Lipinski definition) is 5. The molecule has 2 aromatic carbocycles. The molecule has 1 amide bonds. The number of nitrogens with zero attached hydrogens (tertiary/aromatic N) is 2. The van der Waals surface area contributed by atoms with Gasteiger partial charge in [0.1, 0.15) is 22.1 Å². The van der Waals surface area contributed by atoms with E-state index in [2.05, 4.69) is 15.3 Å². The van der Waals surface area contributed by atoms with Gasteiger partial charge in [-0.2, -0.15) is 13.2 Å². The van der Waals surface area contributed by atoms with Crippen LogP contribution in [-0.2, 0) is 6.18 Å². The number of anilines is 1.